The maximum absolute atomic E-state index is 10.4. The van der Waals surface area contributed by atoms with Gasteiger partial charge in [0.1, 0.15) is 0 Å². The monoisotopic (exact) mass is 335 g/mol. The van der Waals surface area contributed by atoms with Crippen LogP contribution in [0.3, 0.4) is 0 Å². The Balaban J connectivity index is 0. The third kappa shape index (κ3) is 8.23. The van der Waals surface area contributed by atoms with E-state index in [1.165, 1.54) is 0 Å². The van der Waals surface area contributed by atoms with Crippen LogP contribution in [0.25, 0.3) is 0 Å². The van der Waals surface area contributed by atoms with Crippen molar-refractivity contribution in [3.63, 3.8) is 0 Å². The van der Waals surface area contributed by atoms with Crippen LogP contribution in [0.2, 0.25) is 0 Å². The van der Waals surface area contributed by atoms with Crippen LogP contribution in [0.15, 0.2) is 18.2 Å². The van der Waals surface area contributed by atoms with E-state index in [9.17, 15) is 30.3 Å². The molecule has 0 saturated heterocycles. The van der Waals surface area contributed by atoms with Gasteiger partial charge < -0.3 is 0 Å². The number of hydrogen-bond donors (Lipinski definition) is 2. The summed E-state index contributed by atoms with van der Waals surface area (Å²) in [6, 6.07) is 2.69. The zero-order valence-electron chi connectivity index (χ0n) is 9.14. The average Bonchev–Trinajstić information content (AvgIpc) is 2.25. The summed E-state index contributed by atoms with van der Waals surface area (Å²) in [5.41, 5.74) is -2.89. The van der Waals surface area contributed by atoms with E-state index in [0.29, 0.717) is 0 Å². The van der Waals surface area contributed by atoms with Gasteiger partial charge in [0.25, 0.3) is 0 Å². The van der Waals surface area contributed by atoms with Gasteiger partial charge in [-0.05, 0) is 6.07 Å². The summed E-state index contributed by atoms with van der Waals surface area (Å²) in [4.78, 5) is 28.0. The molecule has 0 radical (unpaired) electrons. The van der Waals surface area contributed by atoms with Crippen molar-refractivity contribution in [2.45, 2.75) is 0 Å². The summed E-state index contributed by atoms with van der Waals surface area (Å²) in [5, 5.41) is 31.2. The average molecular weight is 335 g/mol. The zero-order valence-corrected chi connectivity index (χ0v) is 9.96. The van der Waals surface area contributed by atoms with Gasteiger partial charge in [0.15, 0.2) is 0 Å². The van der Waals surface area contributed by atoms with E-state index in [4.69, 9.17) is 17.5 Å². The molecule has 0 aromatic heterocycles. The Morgan fingerprint density at radius 3 is 1.33 bits per heavy atom. The van der Waals surface area contributed by atoms with E-state index in [2.05, 4.69) is 0 Å². The molecule has 13 nitrogen and oxygen atoms in total. The number of para-hydroxylation sites is 1. The fourth-order valence-corrected chi connectivity index (χ4v) is 1.00. The van der Waals surface area contributed by atoms with Crippen molar-refractivity contribution in [3.05, 3.63) is 48.5 Å². The molecule has 0 atom stereocenters. The van der Waals surface area contributed by atoms with Crippen LogP contribution < -0.4 is 0 Å². The fraction of sp³-hybridized carbons (Fsp3) is 0. The van der Waals surface area contributed by atoms with Gasteiger partial charge in [-0.15, -0.1) is 0 Å². The van der Waals surface area contributed by atoms with Crippen LogP contribution in [-0.4, -0.2) is 61.9 Å². The second-order valence-electron chi connectivity index (χ2n) is 2.86. The Kier molecular flexibility index (Phi) is 8.79. The van der Waals surface area contributed by atoms with E-state index in [0.717, 1.165) is 18.2 Å². The second kappa shape index (κ2) is 8.55. The van der Waals surface area contributed by atoms with E-state index in [-0.39, 0.29) is 29.6 Å². The summed E-state index contributed by atoms with van der Waals surface area (Å²) in [6.45, 7) is 0. The fourth-order valence-electron chi connectivity index (χ4n) is 1.00. The summed E-state index contributed by atoms with van der Waals surface area (Å²) in [5.74, 6) is 0. The molecule has 112 valence electrons. The molecule has 1 rings (SSSR count). The topological polar surface area (TPSA) is 204 Å². The molecule has 0 unspecified atom stereocenters. The standard InChI is InChI=1S/C6H3N3O6.Na.H2O4S.H/c10-7(11)4-2-1-3-5(8(12)13)6(4)9(14)15;;1-5(2,3)4;/h1-3H;;(H2,1,2,3,4);. The molecule has 1 aromatic carbocycles. The van der Waals surface area contributed by atoms with Gasteiger partial charge >= 0.3 is 57.0 Å². The number of nitrogens with zero attached hydrogens (tertiary/aromatic N) is 3. The van der Waals surface area contributed by atoms with E-state index >= 15 is 0 Å². The first-order chi connectivity index (χ1) is 8.95. The number of hydrogen-bond acceptors (Lipinski definition) is 8. The van der Waals surface area contributed by atoms with Crippen molar-refractivity contribution < 1.29 is 32.3 Å². The van der Waals surface area contributed by atoms with Crippen LogP contribution in [0.1, 0.15) is 0 Å². The number of nitro benzene ring substituents is 3. The first kappa shape index (κ1) is 21.6. The molecule has 1 aromatic rings. The molecular weight excluding hydrogens is 329 g/mol. The Hall–Kier alpha value is -1.71. The molecule has 0 fully saturated rings. The Bertz CT molecular complexity index is 619. The van der Waals surface area contributed by atoms with Crippen molar-refractivity contribution in [2.24, 2.45) is 0 Å². The van der Waals surface area contributed by atoms with E-state index in [1.54, 1.807) is 0 Å². The van der Waals surface area contributed by atoms with Crippen LogP contribution in [0.5, 0.6) is 0 Å². The third-order valence-electron chi connectivity index (χ3n) is 1.57. The Morgan fingerprint density at radius 1 is 0.857 bits per heavy atom. The van der Waals surface area contributed by atoms with Crippen molar-refractivity contribution in [2.75, 3.05) is 0 Å². The maximum atomic E-state index is 10.4. The summed E-state index contributed by atoms with van der Waals surface area (Å²) >= 11 is 0. The molecule has 2 N–H and O–H groups in total. The van der Waals surface area contributed by atoms with E-state index < -0.39 is 42.2 Å². The minimum atomic E-state index is -4.67. The van der Waals surface area contributed by atoms with Gasteiger partial charge in [0.05, 0.1) is 14.8 Å². The first-order valence-corrected chi connectivity index (χ1v) is 5.61. The predicted molar refractivity (Wildman–Crippen MR) is 67.7 cm³/mol. The normalized spacial score (nSPS) is 9.62. The molecule has 0 heterocycles. The van der Waals surface area contributed by atoms with Crippen molar-refractivity contribution in [3.8, 4) is 0 Å². The van der Waals surface area contributed by atoms with Gasteiger partial charge in [-0.2, -0.15) is 8.42 Å². The molecular formula is C6H6N3NaO10S. The zero-order chi connectivity index (χ0) is 16.1. The number of nitro groups is 3. The molecule has 0 bridgehead atoms. The molecule has 0 aliphatic carbocycles. The summed E-state index contributed by atoms with van der Waals surface area (Å²) in [7, 11) is -4.67. The predicted octanol–water partition coefficient (Wildman–Crippen LogP) is 0.110. The molecule has 0 amide bonds. The Labute approximate surface area is 137 Å². The molecule has 0 aliphatic rings. The molecule has 0 aliphatic heterocycles. The Morgan fingerprint density at radius 2 is 1.14 bits per heavy atom. The number of benzene rings is 1. The van der Waals surface area contributed by atoms with Crippen LogP contribution in [-0.2, 0) is 10.4 Å². The summed E-state index contributed by atoms with van der Waals surface area (Å²) in [6.07, 6.45) is 0. The van der Waals surface area contributed by atoms with Crippen molar-refractivity contribution in [1.82, 2.24) is 0 Å². The van der Waals surface area contributed by atoms with Crippen LogP contribution in [0.4, 0.5) is 17.1 Å². The molecule has 0 spiro atoms. The molecule has 0 saturated carbocycles. The van der Waals surface area contributed by atoms with E-state index in [1.807, 2.05) is 0 Å². The van der Waals surface area contributed by atoms with Crippen molar-refractivity contribution in [1.29, 1.82) is 0 Å². The second-order valence-corrected chi connectivity index (χ2v) is 3.76. The molecule has 15 heteroatoms. The first-order valence-electron chi connectivity index (χ1n) is 4.21. The van der Waals surface area contributed by atoms with Crippen molar-refractivity contribution >= 4 is 57.0 Å². The number of rotatable bonds is 3. The van der Waals surface area contributed by atoms with Gasteiger partial charge in [0, 0.05) is 12.1 Å². The quantitative estimate of drug-likeness (QED) is 0.330. The van der Waals surface area contributed by atoms with Gasteiger partial charge in [-0.1, -0.05) is 0 Å². The minimum absolute atomic E-state index is 0. The third-order valence-corrected chi connectivity index (χ3v) is 1.57. The van der Waals surface area contributed by atoms with Crippen LogP contribution in [0, 0.1) is 30.3 Å². The van der Waals surface area contributed by atoms with Gasteiger partial charge in [0.2, 0.25) is 0 Å². The van der Waals surface area contributed by atoms with Gasteiger partial charge in [-0.25, -0.2) is 0 Å². The SMILES string of the molecule is O=S(=O)(O)O.O=[N+]([O-])c1cccc([N+](=O)[O-])c1[N+](=O)[O-].[NaH]. The van der Waals surface area contributed by atoms with Gasteiger partial charge in [-0.3, -0.25) is 39.4 Å². The van der Waals surface area contributed by atoms with Crippen LogP contribution >= 0.6 is 0 Å². The summed E-state index contributed by atoms with van der Waals surface area (Å²) < 4.78 is 31.6. The molecule has 21 heavy (non-hydrogen) atoms.